The minimum Gasteiger partial charge on any atom is -0.318 e. The minimum atomic E-state index is -4.97. The van der Waals surface area contributed by atoms with Crippen LogP contribution >= 0.6 is 0 Å². The lowest BCUT2D eigenvalue weighted by atomic mass is 9.94. The number of benzene rings is 1. The standard InChI is InChI=1S/C18H20F6N2O/c1-2-8-26(15-6-4-3-5-7-15)16(27)25-14-10-12(17(19,20)21)9-13(11-14)18(22,23)24/h2,9-11,15H,1,3-8H2,(H,25,27). The Morgan fingerprint density at radius 3 is 2.00 bits per heavy atom. The lowest BCUT2D eigenvalue weighted by Gasteiger charge is -2.33. The molecule has 9 heteroatoms. The van der Waals surface area contributed by atoms with Crippen molar-refractivity contribution in [3.63, 3.8) is 0 Å². The zero-order chi connectivity index (χ0) is 20.2. The molecule has 2 rings (SSSR count). The van der Waals surface area contributed by atoms with E-state index in [2.05, 4.69) is 11.9 Å². The molecule has 1 aromatic rings. The maximum absolute atomic E-state index is 12.9. The molecule has 0 aromatic heterocycles. The van der Waals surface area contributed by atoms with Gasteiger partial charge in [0, 0.05) is 18.3 Å². The molecule has 0 atom stereocenters. The van der Waals surface area contributed by atoms with Gasteiger partial charge in [-0.05, 0) is 31.0 Å². The molecule has 0 bridgehead atoms. The maximum Gasteiger partial charge on any atom is 0.416 e. The van der Waals surface area contributed by atoms with Crippen LogP contribution < -0.4 is 5.32 Å². The molecule has 27 heavy (non-hydrogen) atoms. The van der Waals surface area contributed by atoms with Crippen LogP contribution in [0.25, 0.3) is 0 Å². The van der Waals surface area contributed by atoms with Crippen LogP contribution in [-0.2, 0) is 12.4 Å². The number of hydrogen-bond donors (Lipinski definition) is 1. The lowest BCUT2D eigenvalue weighted by Crippen LogP contribution is -2.44. The number of nitrogens with one attached hydrogen (secondary N) is 1. The fraction of sp³-hybridized carbons (Fsp3) is 0.500. The highest BCUT2D eigenvalue weighted by Gasteiger charge is 2.37. The Morgan fingerprint density at radius 2 is 1.56 bits per heavy atom. The van der Waals surface area contributed by atoms with E-state index in [9.17, 15) is 31.1 Å². The summed E-state index contributed by atoms with van der Waals surface area (Å²) in [6, 6.07) is 0.164. The van der Waals surface area contributed by atoms with Crippen LogP contribution in [0.4, 0.5) is 36.8 Å². The number of carbonyl (C=O) groups is 1. The molecule has 1 saturated carbocycles. The Balaban J connectivity index is 2.30. The number of hydrogen-bond acceptors (Lipinski definition) is 1. The molecule has 3 nitrogen and oxygen atoms in total. The normalized spacial score (nSPS) is 16.1. The van der Waals surface area contributed by atoms with Gasteiger partial charge >= 0.3 is 18.4 Å². The largest absolute Gasteiger partial charge is 0.416 e. The maximum atomic E-state index is 12.9. The zero-order valence-corrected chi connectivity index (χ0v) is 14.5. The van der Waals surface area contributed by atoms with Crippen molar-refractivity contribution in [3.8, 4) is 0 Å². The van der Waals surface area contributed by atoms with Crippen LogP contribution in [0.2, 0.25) is 0 Å². The van der Waals surface area contributed by atoms with Crippen molar-refractivity contribution >= 4 is 11.7 Å². The highest BCUT2D eigenvalue weighted by molar-refractivity contribution is 5.90. The van der Waals surface area contributed by atoms with Gasteiger partial charge in [-0.3, -0.25) is 0 Å². The van der Waals surface area contributed by atoms with Crippen LogP contribution in [0.1, 0.15) is 43.2 Å². The summed E-state index contributed by atoms with van der Waals surface area (Å²) in [4.78, 5) is 13.9. The smallest absolute Gasteiger partial charge is 0.318 e. The Hall–Kier alpha value is -2.19. The van der Waals surface area contributed by atoms with Gasteiger partial charge in [-0.15, -0.1) is 6.58 Å². The molecule has 0 heterocycles. The second-order valence-corrected chi connectivity index (χ2v) is 6.46. The van der Waals surface area contributed by atoms with Crippen molar-refractivity contribution < 1.29 is 31.1 Å². The average Bonchev–Trinajstić information content (AvgIpc) is 2.58. The highest BCUT2D eigenvalue weighted by atomic mass is 19.4. The van der Waals surface area contributed by atoms with Gasteiger partial charge in [0.15, 0.2) is 0 Å². The SMILES string of the molecule is C=CCN(C(=O)Nc1cc(C(F)(F)F)cc(C(F)(F)F)c1)C1CCCCC1. The Kier molecular flexibility index (Phi) is 6.43. The molecule has 1 fully saturated rings. The van der Waals surface area contributed by atoms with Gasteiger partial charge < -0.3 is 10.2 Å². The van der Waals surface area contributed by atoms with Gasteiger partial charge in [0.25, 0.3) is 0 Å². The van der Waals surface area contributed by atoms with E-state index in [1.165, 1.54) is 11.0 Å². The summed E-state index contributed by atoms with van der Waals surface area (Å²) in [6.45, 7) is 3.71. The van der Waals surface area contributed by atoms with Crippen molar-refractivity contribution in [2.45, 2.75) is 50.5 Å². The zero-order valence-electron chi connectivity index (χ0n) is 14.5. The first-order valence-corrected chi connectivity index (χ1v) is 8.50. The number of alkyl halides is 6. The Morgan fingerprint density at radius 1 is 1.04 bits per heavy atom. The van der Waals surface area contributed by atoms with Crippen molar-refractivity contribution in [1.82, 2.24) is 4.90 Å². The van der Waals surface area contributed by atoms with Gasteiger partial charge in [0.1, 0.15) is 0 Å². The molecular weight excluding hydrogens is 374 g/mol. The predicted molar refractivity (Wildman–Crippen MR) is 89.2 cm³/mol. The number of rotatable bonds is 4. The molecule has 1 aromatic carbocycles. The van der Waals surface area contributed by atoms with Gasteiger partial charge in [-0.25, -0.2) is 4.79 Å². The molecule has 0 radical (unpaired) electrons. The van der Waals surface area contributed by atoms with Crippen LogP contribution in [0, 0.1) is 0 Å². The number of carbonyl (C=O) groups excluding carboxylic acids is 1. The summed E-state index contributed by atoms with van der Waals surface area (Å²) in [5, 5.41) is 2.19. The first kappa shape index (κ1) is 21.1. The molecule has 1 N–H and O–H groups in total. The second kappa shape index (κ2) is 8.22. The third-order valence-electron chi connectivity index (χ3n) is 4.44. The van der Waals surface area contributed by atoms with Crippen molar-refractivity contribution in [1.29, 1.82) is 0 Å². The molecule has 150 valence electrons. The van der Waals surface area contributed by atoms with Crippen molar-refractivity contribution in [2.75, 3.05) is 11.9 Å². The summed E-state index contributed by atoms with van der Waals surface area (Å²) in [7, 11) is 0. The van der Waals surface area contributed by atoms with E-state index >= 15 is 0 Å². The number of halogens is 6. The molecule has 0 saturated heterocycles. The van der Waals surface area contributed by atoms with E-state index in [1.807, 2.05) is 0 Å². The summed E-state index contributed by atoms with van der Waals surface area (Å²) in [5.74, 6) is 0. The van der Waals surface area contributed by atoms with Gasteiger partial charge in [0.05, 0.1) is 11.1 Å². The molecule has 2 amide bonds. The van der Waals surface area contributed by atoms with Crippen LogP contribution in [-0.4, -0.2) is 23.5 Å². The van der Waals surface area contributed by atoms with E-state index < -0.39 is 35.2 Å². The summed E-state index contributed by atoms with van der Waals surface area (Å²) in [6.07, 6.45) is -4.14. The quantitative estimate of drug-likeness (QED) is 0.487. The van der Waals surface area contributed by atoms with Gasteiger partial charge in [-0.1, -0.05) is 25.3 Å². The molecule has 1 aliphatic carbocycles. The molecule has 0 aliphatic heterocycles. The molecule has 1 aliphatic rings. The van der Waals surface area contributed by atoms with E-state index in [0.29, 0.717) is 12.1 Å². The van der Waals surface area contributed by atoms with Crippen LogP contribution in [0.5, 0.6) is 0 Å². The first-order valence-electron chi connectivity index (χ1n) is 8.50. The van der Waals surface area contributed by atoms with Crippen LogP contribution in [0.15, 0.2) is 30.9 Å². The van der Waals surface area contributed by atoms with Crippen LogP contribution in [0.3, 0.4) is 0 Å². The first-order chi connectivity index (χ1) is 12.5. The van der Waals surface area contributed by atoms with Gasteiger partial charge in [0.2, 0.25) is 0 Å². The minimum absolute atomic E-state index is 0.0261. The van der Waals surface area contributed by atoms with E-state index in [4.69, 9.17) is 0 Å². The average molecular weight is 394 g/mol. The monoisotopic (exact) mass is 394 g/mol. The summed E-state index contributed by atoms with van der Waals surface area (Å²) >= 11 is 0. The number of nitrogens with zero attached hydrogens (tertiary/aromatic N) is 1. The lowest BCUT2D eigenvalue weighted by molar-refractivity contribution is -0.143. The Bertz CT molecular complexity index is 645. The van der Waals surface area contributed by atoms with E-state index in [0.717, 1.165) is 32.1 Å². The third kappa shape index (κ3) is 5.64. The second-order valence-electron chi connectivity index (χ2n) is 6.46. The topological polar surface area (TPSA) is 32.3 Å². The fourth-order valence-electron chi connectivity index (χ4n) is 3.15. The summed E-state index contributed by atoms with van der Waals surface area (Å²) in [5.41, 5.74) is -3.49. The molecule has 0 spiro atoms. The highest BCUT2D eigenvalue weighted by Crippen LogP contribution is 2.37. The number of urea groups is 1. The van der Waals surface area contributed by atoms with Gasteiger partial charge in [-0.2, -0.15) is 26.3 Å². The number of amides is 2. The van der Waals surface area contributed by atoms with E-state index in [-0.39, 0.29) is 18.7 Å². The number of anilines is 1. The fourth-order valence-corrected chi connectivity index (χ4v) is 3.15. The Labute approximate surface area is 153 Å². The predicted octanol–water partition coefficient (Wildman–Crippen LogP) is 6.08. The third-order valence-corrected chi connectivity index (χ3v) is 4.44. The van der Waals surface area contributed by atoms with Crippen molar-refractivity contribution in [3.05, 3.63) is 42.0 Å². The van der Waals surface area contributed by atoms with E-state index in [1.54, 1.807) is 0 Å². The van der Waals surface area contributed by atoms with Crippen molar-refractivity contribution in [2.24, 2.45) is 0 Å². The molecule has 0 unspecified atom stereocenters. The molecular formula is C18H20F6N2O. The summed E-state index contributed by atoms with van der Waals surface area (Å²) < 4.78 is 77.6.